The lowest BCUT2D eigenvalue weighted by Gasteiger charge is -2.25. The molecule has 0 aromatic carbocycles. The third kappa shape index (κ3) is 17.2. The maximum atomic E-state index is 11.6. The molecule has 29 heavy (non-hydrogen) atoms. The Morgan fingerprint density at radius 3 is 2.07 bits per heavy atom. The number of hydrogen-bond donors (Lipinski definition) is 5. The molecule has 0 spiro atoms. The fourth-order valence-electron chi connectivity index (χ4n) is 3.17. The Labute approximate surface area is 176 Å². The molecule has 0 aromatic rings. The summed E-state index contributed by atoms with van der Waals surface area (Å²) in [6, 6.07) is -0.915. The molecule has 3 unspecified atom stereocenters. The standard InChI is InChI=1S/C21H44N4O4/c1-3-4-5-6-7-8-9-10-11-12-15-29-18(13-14-24-21(22)23)19(20(27)28)25-16-17(2)26/h17-19,25-26H,3-16H2,1-2H3,(H,27,28)(H4,22,23,24). The van der Waals surface area contributed by atoms with Crippen LogP contribution >= 0.6 is 0 Å². The lowest BCUT2D eigenvalue weighted by molar-refractivity contribution is -0.144. The van der Waals surface area contributed by atoms with Gasteiger partial charge in [0, 0.05) is 19.7 Å². The number of aliphatic imine (C=N–C) groups is 1. The molecule has 0 fully saturated rings. The van der Waals surface area contributed by atoms with Gasteiger partial charge in [0.2, 0.25) is 0 Å². The van der Waals surface area contributed by atoms with E-state index in [1.807, 2.05) is 0 Å². The first-order valence-corrected chi connectivity index (χ1v) is 11.2. The molecule has 172 valence electrons. The Bertz CT molecular complexity index is 429. The van der Waals surface area contributed by atoms with Crippen molar-refractivity contribution in [1.29, 1.82) is 0 Å². The Kier molecular flexibility index (Phi) is 17.7. The van der Waals surface area contributed by atoms with Crippen LogP contribution in [0.15, 0.2) is 4.99 Å². The number of nitrogens with zero attached hydrogens (tertiary/aromatic N) is 1. The first-order valence-electron chi connectivity index (χ1n) is 11.2. The van der Waals surface area contributed by atoms with E-state index in [4.69, 9.17) is 16.2 Å². The SMILES string of the molecule is CCCCCCCCCCCCOC(CCN=C(N)N)C(NCC(C)O)C(=O)O. The molecule has 0 radical (unpaired) electrons. The molecule has 3 atom stereocenters. The van der Waals surface area contributed by atoms with E-state index in [-0.39, 0.29) is 12.5 Å². The summed E-state index contributed by atoms with van der Waals surface area (Å²) in [7, 11) is 0. The van der Waals surface area contributed by atoms with Crippen LogP contribution in [0.2, 0.25) is 0 Å². The van der Waals surface area contributed by atoms with Crippen LogP contribution in [0, 0.1) is 0 Å². The van der Waals surface area contributed by atoms with E-state index in [0.717, 1.165) is 12.8 Å². The third-order valence-electron chi connectivity index (χ3n) is 4.81. The molecule has 0 saturated heterocycles. The average Bonchev–Trinajstić information content (AvgIpc) is 2.64. The van der Waals surface area contributed by atoms with Crippen molar-refractivity contribution in [1.82, 2.24) is 5.32 Å². The van der Waals surface area contributed by atoms with Crippen LogP contribution < -0.4 is 16.8 Å². The monoisotopic (exact) mass is 416 g/mol. The maximum absolute atomic E-state index is 11.6. The highest BCUT2D eigenvalue weighted by Crippen LogP contribution is 2.12. The highest BCUT2D eigenvalue weighted by molar-refractivity contribution is 5.75. The van der Waals surface area contributed by atoms with Crippen molar-refractivity contribution in [2.24, 2.45) is 16.5 Å². The molecule has 7 N–H and O–H groups in total. The van der Waals surface area contributed by atoms with Crippen molar-refractivity contribution in [3.05, 3.63) is 0 Å². The number of carbonyl (C=O) groups is 1. The van der Waals surface area contributed by atoms with Gasteiger partial charge in [-0.15, -0.1) is 0 Å². The summed E-state index contributed by atoms with van der Waals surface area (Å²) in [6.07, 6.45) is 11.5. The fourth-order valence-corrected chi connectivity index (χ4v) is 3.17. The Morgan fingerprint density at radius 2 is 1.59 bits per heavy atom. The minimum Gasteiger partial charge on any atom is -0.480 e. The highest BCUT2D eigenvalue weighted by atomic mass is 16.5. The van der Waals surface area contributed by atoms with Gasteiger partial charge in [0.1, 0.15) is 6.04 Å². The molecule has 0 saturated carbocycles. The van der Waals surface area contributed by atoms with E-state index in [9.17, 15) is 15.0 Å². The minimum atomic E-state index is -1.01. The van der Waals surface area contributed by atoms with Crippen molar-refractivity contribution < 1.29 is 19.7 Å². The van der Waals surface area contributed by atoms with Gasteiger partial charge < -0.3 is 26.4 Å². The van der Waals surface area contributed by atoms with Crippen LogP contribution in [0.4, 0.5) is 0 Å². The van der Waals surface area contributed by atoms with Gasteiger partial charge in [0.05, 0.1) is 12.2 Å². The second-order valence-electron chi connectivity index (χ2n) is 7.76. The number of unbranched alkanes of at least 4 members (excludes halogenated alkanes) is 9. The molecule has 0 rings (SSSR count). The number of guanidine groups is 1. The Balaban J connectivity index is 4.22. The number of ether oxygens (including phenoxy) is 1. The van der Waals surface area contributed by atoms with Crippen LogP contribution in [0.3, 0.4) is 0 Å². The number of aliphatic carboxylic acids is 1. The van der Waals surface area contributed by atoms with Gasteiger partial charge in [-0.2, -0.15) is 0 Å². The first kappa shape index (κ1) is 27.6. The van der Waals surface area contributed by atoms with Crippen LogP contribution in [0.25, 0.3) is 0 Å². The molecule has 8 nitrogen and oxygen atoms in total. The summed E-state index contributed by atoms with van der Waals surface area (Å²) in [6.45, 7) is 4.81. The van der Waals surface area contributed by atoms with Crippen molar-refractivity contribution in [3.63, 3.8) is 0 Å². The van der Waals surface area contributed by atoms with E-state index in [1.165, 1.54) is 51.4 Å². The summed E-state index contributed by atoms with van der Waals surface area (Å²) < 4.78 is 5.88. The predicted octanol–water partition coefficient (Wildman–Crippen LogP) is 2.38. The summed E-state index contributed by atoms with van der Waals surface area (Å²) in [5, 5.41) is 21.8. The first-order chi connectivity index (χ1) is 13.9. The molecule has 8 heteroatoms. The topological polar surface area (TPSA) is 143 Å². The number of nitrogens with two attached hydrogens (primary N) is 2. The van der Waals surface area contributed by atoms with Gasteiger partial charge in [-0.3, -0.25) is 15.1 Å². The van der Waals surface area contributed by atoms with E-state index in [0.29, 0.717) is 19.6 Å². The van der Waals surface area contributed by atoms with Crippen molar-refractivity contribution in [2.75, 3.05) is 19.7 Å². The third-order valence-corrected chi connectivity index (χ3v) is 4.81. The molecule has 0 aliphatic carbocycles. The Morgan fingerprint density at radius 1 is 1.03 bits per heavy atom. The van der Waals surface area contributed by atoms with Gasteiger partial charge >= 0.3 is 5.97 Å². The number of carboxylic acid groups (broad SMARTS) is 1. The van der Waals surface area contributed by atoms with Gasteiger partial charge in [0.25, 0.3) is 0 Å². The number of nitrogens with one attached hydrogen (secondary N) is 1. The van der Waals surface area contributed by atoms with Crippen molar-refractivity contribution >= 4 is 11.9 Å². The molecule has 0 aromatic heterocycles. The zero-order chi connectivity index (χ0) is 21.9. The van der Waals surface area contributed by atoms with Crippen LogP contribution in [-0.4, -0.2) is 60.1 Å². The van der Waals surface area contributed by atoms with Gasteiger partial charge in [-0.05, 0) is 19.8 Å². The summed E-state index contributed by atoms with van der Waals surface area (Å²) in [4.78, 5) is 15.6. The van der Waals surface area contributed by atoms with E-state index >= 15 is 0 Å². The summed E-state index contributed by atoms with van der Waals surface area (Å²) >= 11 is 0. The molecule has 0 aliphatic heterocycles. The lowest BCUT2D eigenvalue weighted by Crippen LogP contribution is -2.49. The zero-order valence-corrected chi connectivity index (χ0v) is 18.4. The zero-order valence-electron chi connectivity index (χ0n) is 18.4. The normalized spacial score (nSPS) is 14.3. The van der Waals surface area contributed by atoms with Gasteiger partial charge in [-0.25, -0.2) is 0 Å². The predicted molar refractivity (Wildman–Crippen MR) is 118 cm³/mol. The lowest BCUT2D eigenvalue weighted by atomic mass is 10.1. The number of rotatable bonds is 20. The molecule has 0 bridgehead atoms. The smallest absolute Gasteiger partial charge is 0.323 e. The van der Waals surface area contributed by atoms with Gasteiger partial charge in [0.15, 0.2) is 5.96 Å². The number of aliphatic hydroxyl groups is 1. The summed E-state index contributed by atoms with van der Waals surface area (Å²) in [5.41, 5.74) is 10.7. The van der Waals surface area contributed by atoms with Crippen LogP contribution in [0.1, 0.15) is 84.5 Å². The molecular formula is C21H44N4O4. The van der Waals surface area contributed by atoms with Crippen molar-refractivity contribution in [3.8, 4) is 0 Å². The molecular weight excluding hydrogens is 372 g/mol. The highest BCUT2D eigenvalue weighted by Gasteiger charge is 2.28. The largest absolute Gasteiger partial charge is 0.480 e. The second-order valence-corrected chi connectivity index (χ2v) is 7.76. The number of hydrogen-bond acceptors (Lipinski definition) is 5. The maximum Gasteiger partial charge on any atom is 0.323 e. The van der Waals surface area contributed by atoms with E-state index in [1.54, 1.807) is 6.92 Å². The van der Waals surface area contributed by atoms with E-state index < -0.39 is 24.2 Å². The molecule has 0 amide bonds. The van der Waals surface area contributed by atoms with Crippen LogP contribution in [-0.2, 0) is 9.53 Å². The van der Waals surface area contributed by atoms with Crippen molar-refractivity contribution in [2.45, 2.75) is 103 Å². The van der Waals surface area contributed by atoms with E-state index in [2.05, 4.69) is 17.2 Å². The fraction of sp³-hybridized carbons (Fsp3) is 0.905. The number of carboxylic acids is 1. The van der Waals surface area contributed by atoms with Gasteiger partial charge in [-0.1, -0.05) is 64.7 Å². The second kappa shape index (κ2) is 18.6. The van der Waals surface area contributed by atoms with Crippen LogP contribution in [0.5, 0.6) is 0 Å². The quantitative estimate of drug-likeness (QED) is 0.116. The average molecular weight is 417 g/mol. The molecule has 0 aliphatic rings. The number of aliphatic hydroxyl groups excluding tert-OH is 1. The minimum absolute atomic E-state index is 0.0257. The summed E-state index contributed by atoms with van der Waals surface area (Å²) in [5.74, 6) is -1.04. The molecule has 0 heterocycles. The Hall–Kier alpha value is -1.38.